The van der Waals surface area contributed by atoms with E-state index in [9.17, 15) is 4.79 Å². The lowest BCUT2D eigenvalue weighted by atomic mass is 10.0. The average molecular weight is 346 g/mol. The third-order valence-electron chi connectivity index (χ3n) is 4.00. The second kappa shape index (κ2) is 7.88. The summed E-state index contributed by atoms with van der Waals surface area (Å²) < 4.78 is 11.2. The van der Waals surface area contributed by atoms with E-state index in [0.29, 0.717) is 26.3 Å². The van der Waals surface area contributed by atoms with Crippen molar-refractivity contribution in [3.05, 3.63) is 52.0 Å². The molecule has 0 amide bonds. The van der Waals surface area contributed by atoms with Gasteiger partial charge in [-0.25, -0.2) is 9.78 Å². The number of hydrogen-bond donors (Lipinski definition) is 0. The minimum atomic E-state index is -0.404. The lowest BCUT2D eigenvalue weighted by Crippen LogP contribution is -2.44. The number of aromatic nitrogens is 1. The normalized spacial score (nSPS) is 19.8. The molecular formula is C18H22N2O3S. The van der Waals surface area contributed by atoms with Crippen molar-refractivity contribution in [2.45, 2.75) is 26.0 Å². The Labute approximate surface area is 146 Å². The second-order valence-corrected chi connectivity index (χ2v) is 6.64. The Morgan fingerprint density at radius 3 is 2.92 bits per heavy atom. The lowest BCUT2D eigenvalue weighted by molar-refractivity contribution is -0.153. The maximum Gasteiger partial charge on any atom is 0.328 e. The molecule has 1 fully saturated rings. The first-order valence-electron chi connectivity index (χ1n) is 8.18. The van der Waals surface area contributed by atoms with Gasteiger partial charge in [-0.1, -0.05) is 30.3 Å². The summed E-state index contributed by atoms with van der Waals surface area (Å²) in [5, 5.41) is 2.99. The Morgan fingerprint density at radius 2 is 2.25 bits per heavy atom. The number of ether oxygens (including phenoxy) is 2. The van der Waals surface area contributed by atoms with Gasteiger partial charge in [-0.3, -0.25) is 4.90 Å². The number of rotatable bonds is 5. The van der Waals surface area contributed by atoms with Gasteiger partial charge in [0.25, 0.3) is 0 Å². The molecule has 0 aliphatic carbocycles. The standard InChI is InChI=1S/C18H22N2O3S/c1-3-22-18(21)16(14-7-5-4-6-8-14)20-9-10-23-15(11-20)17-19-13(2)12-24-17/h4-8,12,15-16H,3,9-11H2,1-2H3/t15-,16-/m0/s1. The third-order valence-corrected chi connectivity index (χ3v) is 5.06. The quantitative estimate of drug-likeness (QED) is 0.779. The van der Waals surface area contributed by atoms with Crippen molar-refractivity contribution in [2.75, 3.05) is 26.3 Å². The van der Waals surface area contributed by atoms with Crippen LogP contribution >= 0.6 is 11.3 Å². The number of hydrogen-bond acceptors (Lipinski definition) is 6. The summed E-state index contributed by atoms with van der Waals surface area (Å²) >= 11 is 1.61. The van der Waals surface area contributed by atoms with E-state index in [4.69, 9.17) is 9.47 Å². The monoisotopic (exact) mass is 346 g/mol. The lowest BCUT2D eigenvalue weighted by Gasteiger charge is -2.36. The van der Waals surface area contributed by atoms with E-state index in [1.807, 2.05) is 49.6 Å². The first-order valence-corrected chi connectivity index (χ1v) is 9.06. The maximum absolute atomic E-state index is 12.6. The first-order chi connectivity index (χ1) is 11.7. The molecule has 0 N–H and O–H groups in total. The van der Waals surface area contributed by atoms with Crippen molar-refractivity contribution in [3.8, 4) is 0 Å². The number of esters is 1. The van der Waals surface area contributed by atoms with Gasteiger partial charge in [0.15, 0.2) is 0 Å². The van der Waals surface area contributed by atoms with Gasteiger partial charge in [-0.2, -0.15) is 0 Å². The van der Waals surface area contributed by atoms with Crippen LogP contribution in [0.5, 0.6) is 0 Å². The van der Waals surface area contributed by atoms with Crippen LogP contribution in [0.4, 0.5) is 0 Å². The molecule has 0 spiro atoms. The molecule has 24 heavy (non-hydrogen) atoms. The minimum absolute atomic E-state index is 0.0990. The van der Waals surface area contributed by atoms with E-state index in [2.05, 4.69) is 9.88 Å². The number of carbonyl (C=O) groups excluding carboxylic acids is 1. The summed E-state index contributed by atoms with van der Waals surface area (Å²) in [5.41, 5.74) is 1.95. The molecule has 5 nitrogen and oxygen atoms in total. The van der Waals surface area contributed by atoms with Crippen molar-refractivity contribution in [2.24, 2.45) is 0 Å². The van der Waals surface area contributed by atoms with Gasteiger partial charge in [-0.05, 0) is 19.4 Å². The molecule has 128 valence electrons. The predicted octanol–water partition coefficient (Wildman–Crippen LogP) is 3.13. The van der Waals surface area contributed by atoms with Gasteiger partial charge >= 0.3 is 5.97 Å². The van der Waals surface area contributed by atoms with Crippen LogP contribution in [0, 0.1) is 6.92 Å². The molecule has 0 radical (unpaired) electrons. The predicted molar refractivity (Wildman–Crippen MR) is 92.9 cm³/mol. The van der Waals surface area contributed by atoms with E-state index >= 15 is 0 Å². The molecule has 3 rings (SSSR count). The summed E-state index contributed by atoms with van der Waals surface area (Å²) in [6.07, 6.45) is -0.0990. The smallest absolute Gasteiger partial charge is 0.328 e. The second-order valence-electron chi connectivity index (χ2n) is 5.75. The molecule has 2 heterocycles. The molecular weight excluding hydrogens is 324 g/mol. The SMILES string of the molecule is CCOC(=O)[C@H](c1ccccc1)N1CCO[C@H](c2nc(C)cs2)C1. The van der Waals surface area contributed by atoms with Gasteiger partial charge in [0.05, 0.1) is 13.2 Å². The fraction of sp³-hybridized carbons (Fsp3) is 0.444. The number of carbonyl (C=O) groups is 1. The number of nitrogens with zero attached hydrogens (tertiary/aromatic N) is 2. The number of thiazole rings is 1. The fourth-order valence-corrected chi connectivity index (χ4v) is 3.76. The van der Waals surface area contributed by atoms with Crippen molar-refractivity contribution in [3.63, 3.8) is 0 Å². The highest BCUT2D eigenvalue weighted by molar-refractivity contribution is 7.09. The van der Waals surface area contributed by atoms with Crippen molar-refractivity contribution in [1.82, 2.24) is 9.88 Å². The first kappa shape index (κ1) is 17.1. The van der Waals surface area contributed by atoms with Crippen molar-refractivity contribution in [1.29, 1.82) is 0 Å². The highest BCUT2D eigenvalue weighted by Crippen LogP contribution is 2.31. The van der Waals surface area contributed by atoms with Gasteiger partial charge in [0, 0.05) is 24.2 Å². The van der Waals surface area contributed by atoms with E-state index in [-0.39, 0.29) is 12.1 Å². The molecule has 2 aromatic rings. The number of benzene rings is 1. The zero-order valence-electron chi connectivity index (χ0n) is 14.0. The zero-order chi connectivity index (χ0) is 16.9. The Balaban J connectivity index is 1.82. The van der Waals surface area contributed by atoms with Crippen LogP contribution in [-0.4, -0.2) is 42.2 Å². The van der Waals surface area contributed by atoms with Crippen LogP contribution in [0.1, 0.15) is 35.3 Å². The van der Waals surface area contributed by atoms with E-state index in [0.717, 1.165) is 16.3 Å². The number of aryl methyl sites for hydroxylation is 1. The van der Waals surface area contributed by atoms with Gasteiger partial charge in [-0.15, -0.1) is 11.3 Å². The number of morpholine rings is 1. The minimum Gasteiger partial charge on any atom is -0.465 e. The summed E-state index contributed by atoms with van der Waals surface area (Å²) in [5.74, 6) is -0.209. The van der Waals surface area contributed by atoms with E-state index < -0.39 is 6.04 Å². The highest BCUT2D eigenvalue weighted by atomic mass is 32.1. The molecule has 1 saturated heterocycles. The molecule has 0 unspecified atom stereocenters. The van der Waals surface area contributed by atoms with E-state index in [1.165, 1.54) is 0 Å². The van der Waals surface area contributed by atoms with Crippen LogP contribution < -0.4 is 0 Å². The van der Waals surface area contributed by atoms with Crippen LogP contribution in [0.15, 0.2) is 35.7 Å². The van der Waals surface area contributed by atoms with Crippen molar-refractivity contribution >= 4 is 17.3 Å². The zero-order valence-corrected chi connectivity index (χ0v) is 14.8. The fourth-order valence-electron chi connectivity index (χ4n) is 2.93. The van der Waals surface area contributed by atoms with Crippen LogP contribution in [-0.2, 0) is 14.3 Å². The molecule has 0 bridgehead atoms. The van der Waals surface area contributed by atoms with Gasteiger partial charge < -0.3 is 9.47 Å². The Morgan fingerprint density at radius 1 is 1.46 bits per heavy atom. The van der Waals surface area contributed by atoms with E-state index in [1.54, 1.807) is 11.3 Å². The van der Waals surface area contributed by atoms with Crippen LogP contribution in [0.3, 0.4) is 0 Å². The Bertz CT molecular complexity index is 674. The highest BCUT2D eigenvalue weighted by Gasteiger charge is 2.34. The summed E-state index contributed by atoms with van der Waals surface area (Å²) in [6.45, 7) is 6.09. The molecule has 1 aromatic carbocycles. The average Bonchev–Trinajstić information content (AvgIpc) is 3.03. The summed E-state index contributed by atoms with van der Waals surface area (Å²) in [4.78, 5) is 19.2. The molecule has 0 saturated carbocycles. The van der Waals surface area contributed by atoms with Gasteiger partial charge in [0.1, 0.15) is 17.2 Å². The maximum atomic E-state index is 12.6. The molecule has 1 aliphatic heterocycles. The third kappa shape index (κ3) is 3.83. The van der Waals surface area contributed by atoms with Crippen LogP contribution in [0.25, 0.3) is 0 Å². The van der Waals surface area contributed by atoms with Gasteiger partial charge in [0.2, 0.25) is 0 Å². The molecule has 6 heteroatoms. The Kier molecular flexibility index (Phi) is 5.60. The summed E-state index contributed by atoms with van der Waals surface area (Å²) in [7, 11) is 0. The van der Waals surface area contributed by atoms with Crippen LogP contribution in [0.2, 0.25) is 0 Å². The largest absolute Gasteiger partial charge is 0.465 e. The van der Waals surface area contributed by atoms with Crippen molar-refractivity contribution < 1.29 is 14.3 Å². The topological polar surface area (TPSA) is 51.7 Å². The summed E-state index contributed by atoms with van der Waals surface area (Å²) in [6, 6.07) is 9.39. The molecule has 2 atom stereocenters. The Hall–Kier alpha value is -1.76. The molecule has 1 aromatic heterocycles. The molecule has 1 aliphatic rings.